The van der Waals surface area contributed by atoms with Gasteiger partial charge in [0.1, 0.15) is 0 Å². The maximum absolute atomic E-state index is 12.2. The van der Waals surface area contributed by atoms with Crippen molar-refractivity contribution in [2.24, 2.45) is 4.99 Å². The molecular formula is C18H22Cl2IN3OS. The second kappa shape index (κ2) is 11.8. The van der Waals surface area contributed by atoms with Crippen molar-refractivity contribution in [2.75, 3.05) is 26.4 Å². The third kappa shape index (κ3) is 7.06. The molecule has 0 bridgehead atoms. The largest absolute Gasteiger partial charge is 0.355 e. The van der Waals surface area contributed by atoms with Crippen LogP contribution in [0.25, 0.3) is 0 Å². The number of hydrogen-bond acceptors (Lipinski definition) is 2. The number of nitrogens with one attached hydrogen (secondary N) is 1. The first-order valence-corrected chi connectivity index (χ1v) is 9.88. The van der Waals surface area contributed by atoms with Crippen LogP contribution in [0.1, 0.15) is 5.56 Å². The van der Waals surface area contributed by atoms with Crippen molar-refractivity contribution in [2.45, 2.75) is 11.4 Å². The molecule has 1 unspecified atom stereocenters. The highest BCUT2D eigenvalue weighted by Crippen LogP contribution is 2.23. The van der Waals surface area contributed by atoms with Crippen LogP contribution in [0, 0.1) is 0 Å². The maximum Gasteiger partial charge on any atom is 0.193 e. The summed E-state index contributed by atoms with van der Waals surface area (Å²) in [6.07, 6.45) is 0. The van der Waals surface area contributed by atoms with Gasteiger partial charge in [0.05, 0.1) is 20.8 Å². The van der Waals surface area contributed by atoms with Crippen molar-refractivity contribution in [1.82, 2.24) is 10.2 Å². The molecule has 0 saturated carbocycles. The lowest BCUT2D eigenvalue weighted by molar-refractivity contribution is 0.479. The molecule has 2 rings (SSSR count). The Balaban J connectivity index is 0.00000338. The zero-order chi connectivity index (χ0) is 18.2. The van der Waals surface area contributed by atoms with Gasteiger partial charge in [-0.2, -0.15) is 0 Å². The van der Waals surface area contributed by atoms with Gasteiger partial charge < -0.3 is 10.2 Å². The lowest BCUT2D eigenvalue weighted by Gasteiger charge is -2.22. The normalized spacial score (nSPS) is 12.2. The Kier molecular flexibility index (Phi) is 10.5. The lowest BCUT2D eigenvalue weighted by atomic mass is 10.2. The highest BCUT2D eigenvalue weighted by atomic mass is 127. The van der Waals surface area contributed by atoms with E-state index in [2.05, 4.69) is 10.3 Å². The average molecular weight is 526 g/mol. The molecular weight excluding hydrogens is 504 g/mol. The number of aliphatic imine (C=N–C) groups is 1. The predicted molar refractivity (Wildman–Crippen MR) is 122 cm³/mol. The van der Waals surface area contributed by atoms with Crippen LogP contribution in [-0.4, -0.2) is 41.5 Å². The second-order valence-electron chi connectivity index (χ2n) is 5.44. The van der Waals surface area contributed by atoms with E-state index in [1.54, 1.807) is 13.1 Å². The number of guanidine groups is 1. The topological polar surface area (TPSA) is 44.7 Å². The minimum atomic E-state index is -1.03. The van der Waals surface area contributed by atoms with Gasteiger partial charge in [0, 0.05) is 37.8 Å². The molecule has 142 valence electrons. The van der Waals surface area contributed by atoms with Gasteiger partial charge in [-0.05, 0) is 29.8 Å². The molecule has 26 heavy (non-hydrogen) atoms. The van der Waals surface area contributed by atoms with E-state index in [9.17, 15) is 4.21 Å². The van der Waals surface area contributed by atoms with Gasteiger partial charge in [-0.1, -0.05) is 47.5 Å². The summed E-state index contributed by atoms with van der Waals surface area (Å²) in [4.78, 5) is 7.08. The van der Waals surface area contributed by atoms with Crippen molar-refractivity contribution in [1.29, 1.82) is 0 Å². The molecule has 4 nitrogen and oxygen atoms in total. The van der Waals surface area contributed by atoms with Crippen molar-refractivity contribution in [3.63, 3.8) is 0 Å². The van der Waals surface area contributed by atoms with Crippen LogP contribution in [0.15, 0.2) is 58.4 Å². The number of rotatable bonds is 6. The third-order valence-electron chi connectivity index (χ3n) is 3.55. The molecule has 0 aliphatic rings. The highest BCUT2D eigenvalue weighted by Gasteiger charge is 2.09. The van der Waals surface area contributed by atoms with Gasteiger partial charge in [0.15, 0.2) is 5.96 Å². The Labute approximate surface area is 184 Å². The summed E-state index contributed by atoms with van der Waals surface area (Å²) in [6, 6.07) is 15.0. The summed E-state index contributed by atoms with van der Waals surface area (Å²) in [6.45, 7) is 1.21. The van der Waals surface area contributed by atoms with Gasteiger partial charge in [-0.15, -0.1) is 24.0 Å². The standard InChI is InChI=1S/C18H21Cl2N3OS.HI/c1-21-18(22-10-11-25(24)15-6-4-3-5-7-15)23(2)13-14-8-9-16(19)17(20)12-14;/h3-9,12H,10-11,13H2,1-2H3,(H,21,22);1H. The van der Waals surface area contributed by atoms with E-state index in [1.165, 1.54) is 0 Å². The van der Waals surface area contributed by atoms with Crippen LogP contribution in [0.4, 0.5) is 0 Å². The number of hydrogen-bond donors (Lipinski definition) is 1. The molecule has 0 saturated heterocycles. The monoisotopic (exact) mass is 525 g/mol. The Hall–Kier alpha value is -0.830. The molecule has 0 aliphatic carbocycles. The van der Waals surface area contributed by atoms with E-state index < -0.39 is 10.8 Å². The molecule has 1 atom stereocenters. The number of nitrogens with zero attached hydrogens (tertiary/aromatic N) is 2. The van der Waals surface area contributed by atoms with E-state index in [4.69, 9.17) is 23.2 Å². The smallest absolute Gasteiger partial charge is 0.193 e. The Morgan fingerprint density at radius 2 is 1.85 bits per heavy atom. The minimum Gasteiger partial charge on any atom is -0.355 e. The highest BCUT2D eigenvalue weighted by molar-refractivity contribution is 14.0. The van der Waals surface area contributed by atoms with Gasteiger partial charge >= 0.3 is 0 Å². The summed E-state index contributed by atoms with van der Waals surface area (Å²) in [7, 11) is 2.63. The van der Waals surface area contributed by atoms with Crippen LogP contribution in [0.3, 0.4) is 0 Å². The van der Waals surface area contributed by atoms with Crippen molar-refractivity contribution >= 4 is 63.9 Å². The first kappa shape index (κ1) is 23.2. The Bertz CT molecular complexity index is 759. The zero-order valence-electron chi connectivity index (χ0n) is 14.6. The lowest BCUT2D eigenvalue weighted by Crippen LogP contribution is -2.40. The SMILES string of the molecule is CN=C(NCCS(=O)c1ccccc1)N(C)Cc1ccc(Cl)c(Cl)c1.I. The zero-order valence-corrected chi connectivity index (χ0v) is 19.3. The molecule has 0 heterocycles. The molecule has 2 aromatic carbocycles. The average Bonchev–Trinajstić information content (AvgIpc) is 2.62. The third-order valence-corrected chi connectivity index (χ3v) is 5.67. The van der Waals surface area contributed by atoms with E-state index >= 15 is 0 Å². The Morgan fingerprint density at radius 1 is 1.15 bits per heavy atom. The van der Waals surface area contributed by atoms with Crippen LogP contribution in [0.5, 0.6) is 0 Å². The van der Waals surface area contributed by atoms with E-state index in [-0.39, 0.29) is 24.0 Å². The van der Waals surface area contributed by atoms with Crippen molar-refractivity contribution in [3.8, 4) is 0 Å². The quantitative estimate of drug-likeness (QED) is 0.345. The van der Waals surface area contributed by atoms with Gasteiger partial charge in [-0.3, -0.25) is 9.20 Å². The van der Waals surface area contributed by atoms with Crippen LogP contribution in [-0.2, 0) is 17.3 Å². The summed E-state index contributed by atoms with van der Waals surface area (Å²) in [5.41, 5.74) is 1.03. The molecule has 0 spiro atoms. The first-order valence-electron chi connectivity index (χ1n) is 7.80. The minimum absolute atomic E-state index is 0. The second-order valence-corrected chi connectivity index (χ2v) is 7.83. The van der Waals surface area contributed by atoms with E-state index in [0.717, 1.165) is 16.4 Å². The van der Waals surface area contributed by atoms with Crippen LogP contribution >= 0.6 is 47.2 Å². The molecule has 0 amide bonds. The van der Waals surface area contributed by atoms with E-state index in [1.807, 2.05) is 54.4 Å². The van der Waals surface area contributed by atoms with Crippen molar-refractivity contribution < 1.29 is 4.21 Å². The summed E-state index contributed by atoms with van der Waals surface area (Å²) in [5, 5.41) is 4.32. The molecule has 1 N–H and O–H groups in total. The first-order chi connectivity index (χ1) is 12.0. The molecule has 0 radical (unpaired) electrons. The van der Waals surface area contributed by atoms with Gasteiger partial charge in [0.25, 0.3) is 0 Å². The van der Waals surface area contributed by atoms with E-state index in [0.29, 0.717) is 28.9 Å². The predicted octanol–water partition coefficient (Wildman–Crippen LogP) is 4.43. The molecule has 0 aliphatic heterocycles. The molecule has 8 heteroatoms. The molecule has 2 aromatic rings. The number of halogens is 3. The number of benzene rings is 2. The molecule has 0 fully saturated rings. The summed E-state index contributed by atoms with van der Waals surface area (Å²) in [5.74, 6) is 1.25. The van der Waals surface area contributed by atoms with Crippen LogP contribution < -0.4 is 5.32 Å². The molecule has 0 aromatic heterocycles. The van der Waals surface area contributed by atoms with Crippen molar-refractivity contribution in [3.05, 3.63) is 64.1 Å². The summed E-state index contributed by atoms with van der Waals surface area (Å²) >= 11 is 12.0. The Morgan fingerprint density at radius 3 is 2.46 bits per heavy atom. The van der Waals surface area contributed by atoms with Gasteiger partial charge in [-0.25, -0.2) is 0 Å². The summed E-state index contributed by atoms with van der Waals surface area (Å²) < 4.78 is 12.2. The van der Waals surface area contributed by atoms with Crippen LogP contribution in [0.2, 0.25) is 10.0 Å². The maximum atomic E-state index is 12.2. The fourth-order valence-corrected chi connectivity index (χ4v) is 3.62. The fourth-order valence-electron chi connectivity index (χ4n) is 2.32. The fraction of sp³-hybridized carbons (Fsp3) is 0.278. The van der Waals surface area contributed by atoms with Gasteiger partial charge in [0.2, 0.25) is 0 Å².